The van der Waals surface area contributed by atoms with Crippen molar-refractivity contribution in [1.82, 2.24) is 4.98 Å². The predicted octanol–water partition coefficient (Wildman–Crippen LogP) is 2.34. The largest absolute Gasteiger partial charge is 0.389 e. The molecular weight excluding hydrogens is 230 g/mol. The minimum Gasteiger partial charge on any atom is -0.389 e. The van der Waals surface area contributed by atoms with Crippen molar-refractivity contribution in [2.45, 2.75) is 32.7 Å². The first-order valence-corrected chi connectivity index (χ1v) is 6.52. The molecule has 0 bridgehead atoms. The number of hydrogen-bond donors (Lipinski definition) is 1. The van der Waals surface area contributed by atoms with E-state index in [0.29, 0.717) is 16.9 Å². The van der Waals surface area contributed by atoms with Crippen LogP contribution in [0.25, 0.3) is 0 Å². The topological polar surface area (TPSA) is 42.2 Å². The summed E-state index contributed by atoms with van der Waals surface area (Å²) in [6.07, 6.45) is 6.10. The summed E-state index contributed by atoms with van der Waals surface area (Å²) in [7, 11) is 0. The molecule has 2 heterocycles. The first-order chi connectivity index (χ1) is 8.11. The molecule has 0 radical (unpaired) electrons. The SMILES string of the molecule is CC(C)C1CCCN1c1cnccc1C(N)=S. The van der Waals surface area contributed by atoms with Crippen molar-refractivity contribution in [2.24, 2.45) is 11.7 Å². The Morgan fingerprint density at radius 3 is 3.00 bits per heavy atom. The third-order valence-electron chi connectivity index (χ3n) is 3.44. The standard InChI is InChI=1S/C13H19N3S/c1-9(2)11-4-3-7-16(11)12-8-15-6-5-10(12)13(14)17/h5-6,8-9,11H,3-4,7H2,1-2H3,(H2,14,17). The van der Waals surface area contributed by atoms with E-state index in [2.05, 4.69) is 23.7 Å². The summed E-state index contributed by atoms with van der Waals surface area (Å²) in [5.41, 5.74) is 7.82. The molecule has 0 amide bonds. The average molecular weight is 249 g/mol. The van der Waals surface area contributed by atoms with Crippen LogP contribution in [-0.2, 0) is 0 Å². The Hall–Kier alpha value is -1.16. The van der Waals surface area contributed by atoms with Gasteiger partial charge in [0.15, 0.2) is 0 Å². The summed E-state index contributed by atoms with van der Waals surface area (Å²) in [5.74, 6) is 0.636. The highest BCUT2D eigenvalue weighted by Gasteiger charge is 2.28. The molecule has 3 nitrogen and oxygen atoms in total. The van der Waals surface area contributed by atoms with E-state index in [1.54, 1.807) is 6.20 Å². The minimum atomic E-state index is 0.455. The molecular formula is C13H19N3S. The Bertz CT molecular complexity index is 417. The molecule has 4 heteroatoms. The van der Waals surface area contributed by atoms with Crippen LogP contribution in [-0.4, -0.2) is 22.6 Å². The van der Waals surface area contributed by atoms with Gasteiger partial charge in [-0.2, -0.15) is 0 Å². The first-order valence-electron chi connectivity index (χ1n) is 6.11. The van der Waals surface area contributed by atoms with Gasteiger partial charge < -0.3 is 10.6 Å². The van der Waals surface area contributed by atoms with Crippen molar-refractivity contribution in [3.63, 3.8) is 0 Å². The van der Waals surface area contributed by atoms with E-state index in [9.17, 15) is 0 Å². The van der Waals surface area contributed by atoms with Crippen molar-refractivity contribution >= 4 is 22.9 Å². The van der Waals surface area contributed by atoms with Gasteiger partial charge in [-0.1, -0.05) is 26.1 Å². The molecule has 92 valence electrons. The third kappa shape index (κ3) is 2.41. The molecule has 2 N–H and O–H groups in total. The summed E-state index contributed by atoms with van der Waals surface area (Å²) < 4.78 is 0. The number of thiocarbonyl (C=S) groups is 1. The normalized spacial score (nSPS) is 19.9. The highest BCUT2D eigenvalue weighted by atomic mass is 32.1. The van der Waals surface area contributed by atoms with Gasteiger partial charge in [0, 0.05) is 24.3 Å². The lowest BCUT2D eigenvalue weighted by atomic mass is 10.0. The molecule has 1 fully saturated rings. The van der Waals surface area contributed by atoms with Crippen LogP contribution >= 0.6 is 12.2 Å². The molecule has 1 aromatic rings. The highest BCUT2D eigenvalue weighted by molar-refractivity contribution is 7.80. The van der Waals surface area contributed by atoms with Gasteiger partial charge in [-0.3, -0.25) is 4.98 Å². The Morgan fingerprint density at radius 1 is 1.59 bits per heavy atom. The lowest BCUT2D eigenvalue weighted by molar-refractivity contribution is 0.491. The zero-order valence-corrected chi connectivity index (χ0v) is 11.2. The molecule has 2 rings (SSSR count). The van der Waals surface area contributed by atoms with Crippen molar-refractivity contribution in [3.05, 3.63) is 24.0 Å². The Morgan fingerprint density at radius 2 is 2.35 bits per heavy atom. The fourth-order valence-corrected chi connectivity index (χ4v) is 2.78. The second-order valence-electron chi connectivity index (χ2n) is 4.90. The fourth-order valence-electron chi connectivity index (χ4n) is 2.61. The van der Waals surface area contributed by atoms with Gasteiger partial charge in [-0.25, -0.2) is 0 Å². The second-order valence-corrected chi connectivity index (χ2v) is 5.34. The van der Waals surface area contributed by atoms with E-state index in [0.717, 1.165) is 17.8 Å². The Kier molecular flexibility index (Phi) is 3.62. The molecule has 1 aliphatic heterocycles. The Balaban J connectivity index is 2.36. The van der Waals surface area contributed by atoms with Crippen LogP contribution in [0.3, 0.4) is 0 Å². The fraction of sp³-hybridized carbons (Fsp3) is 0.538. The first kappa shape index (κ1) is 12.3. The van der Waals surface area contributed by atoms with Crippen molar-refractivity contribution in [2.75, 3.05) is 11.4 Å². The average Bonchev–Trinajstić information content (AvgIpc) is 2.77. The number of nitrogens with zero attached hydrogens (tertiary/aromatic N) is 2. The number of rotatable bonds is 3. The smallest absolute Gasteiger partial charge is 0.106 e. The molecule has 1 atom stereocenters. The molecule has 1 aromatic heterocycles. The maximum absolute atomic E-state index is 5.78. The highest BCUT2D eigenvalue weighted by Crippen LogP contribution is 2.31. The van der Waals surface area contributed by atoms with Gasteiger partial charge in [0.25, 0.3) is 0 Å². The van der Waals surface area contributed by atoms with Gasteiger partial charge in [0.2, 0.25) is 0 Å². The van der Waals surface area contributed by atoms with Gasteiger partial charge >= 0.3 is 0 Å². The van der Waals surface area contributed by atoms with E-state index in [4.69, 9.17) is 18.0 Å². The molecule has 0 saturated carbocycles. The number of pyridine rings is 1. The monoisotopic (exact) mass is 249 g/mol. The lowest BCUT2D eigenvalue weighted by Gasteiger charge is -2.30. The summed E-state index contributed by atoms with van der Waals surface area (Å²) in [4.78, 5) is 7.07. The van der Waals surface area contributed by atoms with Crippen molar-refractivity contribution < 1.29 is 0 Å². The Labute approximate surface area is 108 Å². The van der Waals surface area contributed by atoms with Gasteiger partial charge in [-0.15, -0.1) is 0 Å². The molecule has 0 aromatic carbocycles. The number of hydrogen-bond acceptors (Lipinski definition) is 3. The van der Waals surface area contributed by atoms with E-state index in [1.807, 2.05) is 12.3 Å². The zero-order chi connectivity index (χ0) is 12.4. The van der Waals surface area contributed by atoms with E-state index in [1.165, 1.54) is 12.8 Å². The summed E-state index contributed by atoms with van der Waals surface area (Å²) in [6, 6.07) is 2.49. The minimum absolute atomic E-state index is 0.455. The van der Waals surface area contributed by atoms with Crippen LogP contribution < -0.4 is 10.6 Å². The van der Waals surface area contributed by atoms with Crippen molar-refractivity contribution in [3.8, 4) is 0 Å². The van der Waals surface area contributed by atoms with E-state index in [-0.39, 0.29) is 0 Å². The van der Waals surface area contributed by atoms with Gasteiger partial charge in [-0.05, 0) is 24.8 Å². The molecule has 0 spiro atoms. The summed E-state index contributed by atoms with van der Waals surface area (Å²) in [5, 5.41) is 0. The maximum atomic E-state index is 5.78. The van der Waals surface area contributed by atoms with Crippen LogP contribution in [0.15, 0.2) is 18.5 Å². The molecule has 1 unspecified atom stereocenters. The molecule has 1 aliphatic rings. The second kappa shape index (κ2) is 5.00. The quantitative estimate of drug-likeness (QED) is 0.835. The molecule has 1 saturated heterocycles. The van der Waals surface area contributed by atoms with Crippen LogP contribution in [0.2, 0.25) is 0 Å². The number of aromatic nitrogens is 1. The van der Waals surface area contributed by atoms with Crippen LogP contribution in [0.1, 0.15) is 32.3 Å². The molecule has 17 heavy (non-hydrogen) atoms. The number of anilines is 1. The summed E-state index contributed by atoms with van der Waals surface area (Å²) in [6.45, 7) is 5.60. The predicted molar refractivity (Wildman–Crippen MR) is 75.3 cm³/mol. The molecule has 0 aliphatic carbocycles. The van der Waals surface area contributed by atoms with Gasteiger partial charge in [0.1, 0.15) is 4.99 Å². The maximum Gasteiger partial charge on any atom is 0.106 e. The number of nitrogens with two attached hydrogens (primary N) is 1. The van der Waals surface area contributed by atoms with Gasteiger partial charge in [0.05, 0.1) is 11.9 Å². The van der Waals surface area contributed by atoms with Crippen LogP contribution in [0.5, 0.6) is 0 Å². The third-order valence-corrected chi connectivity index (χ3v) is 3.66. The van der Waals surface area contributed by atoms with Crippen LogP contribution in [0, 0.1) is 5.92 Å². The lowest BCUT2D eigenvalue weighted by Crippen LogP contribution is -2.34. The summed E-state index contributed by atoms with van der Waals surface area (Å²) >= 11 is 5.11. The van der Waals surface area contributed by atoms with Crippen LogP contribution in [0.4, 0.5) is 5.69 Å². The zero-order valence-electron chi connectivity index (χ0n) is 10.4. The van der Waals surface area contributed by atoms with Crippen molar-refractivity contribution in [1.29, 1.82) is 0 Å². The van der Waals surface area contributed by atoms with E-state index < -0.39 is 0 Å². The van der Waals surface area contributed by atoms with E-state index >= 15 is 0 Å².